The number of para-hydroxylation sites is 2. The molecule has 1 aliphatic heterocycles. The molecule has 0 amide bonds. The van der Waals surface area contributed by atoms with E-state index in [4.69, 9.17) is 4.74 Å². The summed E-state index contributed by atoms with van der Waals surface area (Å²) in [5.41, 5.74) is 1.02. The molecule has 0 N–H and O–H groups in total. The lowest BCUT2D eigenvalue weighted by atomic mass is 10.1. The number of ether oxygens (including phenoxy) is 1. The molecule has 14 heavy (non-hydrogen) atoms. The van der Waals surface area contributed by atoms with E-state index in [1.165, 1.54) is 13.3 Å². The third-order valence-corrected chi connectivity index (χ3v) is 2.32. The summed E-state index contributed by atoms with van der Waals surface area (Å²) >= 11 is 0. The molecule has 2 rings (SSSR count). The van der Waals surface area contributed by atoms with Gasteiger partial charge in [0.15, 0.2) is 5.75 Å². The highest BCUT2D eigenvalue weighted by atomic mass is 16.5. The summed E-state index contributed by atoms with van der Waals surface area (Å²) in [4.78, 5) is 13.1. The Morgan fingerprint density at radius 3 is 2.64 bits per heavy atom. The zero-order valence-electron chi connectivity index (χ0n) is 8.19. The Kier molecular flexibility index (Phi) is 2.39. The molecule has 3 nitrogen and oxygen atoms in total. The molecule has 1 fully saturated rings. The zero-order chi connectivity index (χ0) is 9.97. The highest BCUT2D eigenvalue weighted by Crippen LogP contribution is 2.30. The molecule has 1 aromatic carbocycles. The minimum atomic E-state index is -0.266. The predicted molar refractivity (Wildman–Crippen MR) is 54.6 cm³/mol. The fraction of sp³-hybridized carbons (Fsp3) is 0.364. The van der Waals surface area contributed by atoms with Crippen molar-refractivity contribution in [2.45, 2.75) is 13.3 Å². The lowest BCUT2D eigenvalue weighted by molar-refractivity contribution is -0.131. The number of carbonyl (C=O) groups excluding carboxylic acids is 1. The zero-order valence-corrected chi connectivity index (χ0v) is 8.19. The van der Waals surface area contributed by atoms with Crippen LogP contribution in [0.5, 0.6) is 5.75 Å². The van der Waals surface area contributed by atoms with Gasteiger partial charge in [-0.3, -0.25) is 4.79 Å². The average molecular weight is 191 g/mol. The van der Waals surface area contributed by atoms with Gasteiger partial charge in [0.25, 0.3) is 0 Å². The van der Waals surface area contributed by atoms with Crippen LogP contribution in [0.3, 0.4) is 0 Å². The summed E-state index contributed by atoms with van der Waals surface area (Å²) in [6, 6.07) is 7.65. The molecule has 1 aliphatic rings. The number of hydrogen-bond acceptors (Lipinski definition) is 3. The first-order valence-corrected chi connectivity index (χ1v) is 4.80. The number of rotatable bonds is 2. The van der Waals surface area contributed by atoms with Gasteiger partial charge in [0.1, 0.15) is 0 Å². The van der Waals surface area contributed by atoms with Gasteiger partial charge in [-0.05, 0) is 18.6 Å². The van der Waals surface area contributed by atoms with Crippen LogP contribution >= 0.6 is 0 Å². The minimum Gasteiger partial charge on any atom is -0.425 e. The van der Waals surface area contributed by atoms with Gasteiger partial charge >= 0.3 is 5.97 Å². The van der Waals surface area contributed by atoms with Gasteiger partial charge in [-0.15, -0.1) is 0 Å². The van der Waals surface area contributed by atoms with E-state index in [9.17, 15) is 4.79 Å². The predicted octanol–water partition coefficient (Wildman–Crippen LogP) is 1.82. The first kappa shape index (κ1) is 9.06. The highest BCUT2D eigenvalue weighted by molar-refractivity contribution is 5.73. The van der Waals surface area contributed by atoms with Crippen LogP contribution in [-0.4, -0.2) is 19.1 Å². The molecule has 1 heterocycles. The van der Waals surface area contributed by atoms with E-state index < -0.39 is 0 Å². The Balaban J connectivity index is 2.23. The molecule has 0 spiro atoms. The summed E-state index contributed by atoms with van der Waals surface area (Å²) in [6.45, 7) is 3.53. The second-order valence-corrected chi connectivity index (χ2v) is 3.40. The van der Waals surface area contributed by atoms with Crippen molar-refractivity contribution in [3.05, 3.63) is 24.3 Å². The first-order valence-electron chi connectivity index (χ1n) is 4.80. The maximum absolute atomic E-state index is 10.9. The Bertz CT molecular complexity index is 345. The highest BCUT2D eigenvalue weighted by Gasteiger charge is 2.18. The molecule has 0 saturated carbocycles. The van der Waals surface area contributed by atoms with Gasteiger partial charge in [-0.2, -0.15) is 0 Å². The molecule has 74 valence electrons. The van der Waals surface area contributed by atoms with Crippen molar-refractivity contribution < 1.29 is 9.53 Å². The second-order valence-electron chi connectivity index (χ2n) is 3.40. The van der Waals surface area contributed by atoms with Crippen LogP contribution in [0.25, 0.3) is 0 Å². The Hall–Kier alpha value is -1.51. The average Bonchev–Trinajstić information content (AvgIpc) is 2.04. The molecule has 0 radical (unpaired) electrons. The fourth-order valence-corrected chi connectivity index (χ4v) is 1.52. The maximum atomic E-state index is 10.9. The van der Waals surface area contributed by atoms with Gasteiger partial charge in [0.2, 0.25) is 0 Å². The summed E-state index contributed by atoms with van der Waals surface area (Å²) in [6.07, 6.45) is 1.22. The topological polar surface area (TPSA) is 29.5 Å². The minimum absolute atomic E-state index is 0.266. The van der Waals surface area contributed by atoms with Crippen molar-refractivity contribution in [2.24, 2.45) is 0 Å². The number of benzene rings is 1. The fourth-order valence-electron chi connectivity index (χ4n) is 1.52. The van der Waals surface area contributed by atoms with Gasteiger partial charge < -0.3 is 9.64 Å². The lowest BCUT2D eigenvalue weighted by Gasteiger charge is -2.34. The van der Waals surface area contributed by atoms with Crippen molar-refractivity contribution in [1.29, 1.82) is 0 Å². The van der Waals surface area contributed by atoms with Crippen molar-refractivity contribution >= 4 is 11.7 Å². The molecule has 0 atom stereocenters. The molecule has 1 saturated heterocycles. The van der Waals surface area contributed by atoms with Gasteiger partial charge in [0.05, 0.1) is 5.69 Å². The lowest BCUT2D eigenvalue weighted by Crippen LogP contribution is -2.37. The van der Waals surface area contributed by atoms with Gasteiger partial charge in [-0.25, -0.2) is 0 Å². The van der Waals surface area contributed by atoms with E-state index >= 15 is 0 Å². The normalized spacial score (nSPS) is 14.8. The van der Waals surface area contributed by atoms with E-state index in [0.717, 1.165) is 18.8 Å². The standard InChI is InChI=1S/C11H13NO2/c1-9(13)14-11-6-3-2-5-10(11)12-7-4-8-12/h2-3,5-6H,4,7-8H2,1H3. The largest absolute Gasteiger partial charge is 0.425 e. The molecule has 0 aliphatic carbocycles. The van der Waals surface area contributed by atoms with Crippen molar-refractivity contribution in [3.8, 4) is 5.75 Å². The van der Waals surface area contributed by atoms with Crippen LogP contribution in [0.4, 0.5) is 5.69 Å². The first-order chi connectivity index (χ1) is 6.77. The van der Waals surface area contributed by atoms with Gasteiger partial charge in [0, 0.05) is 20.0 Å². The van der Waals surface area contributed by atoms with Crippen molar-refractivity contribution in [2.75, 3.05) is 18.0 Å². The molecular formula is C11H13NO2. The van der Waals surface area contributed by atoms with Crippen LogP contribution in [0.1, 0.15) is 13.3 Å². The van der Waals surface area contributed by atoms with Crippen LogP contribution in [0.2, 0.25) is 0 Å². The quantitative estimate of drug-likeness (QED) is 0.527. The Morgan fingerprint density at radius 2 is 2.07 bits per heavy atom. The second kappa shape index (κ2) is 3.70. The third-order valence-electron chi connectivity index (χ3n) is 2.32. The molecule has 0 bridgehead atoms. The van der Waals surface area contributed by atoms with Crippen LogP contribution in [-0.2, 0) is 4.79 Å². The summed E-state index contributed by atoms with van der Waals surface area (Å²) in [5.74, 6) is 0.401. The number of anilines is 1. The summed E-state index contributed by atoms with van der Waals surface area (Å²) < 4.78 is 5.12. The van der Waals surface area contributed by atoms with Crippen molar-refractivity contribution in [1.82, 2.24) is 0 Å². The smallest absolute Gasteiger partial charge is 0.308 e. The Labute approximate surface area is 83.3 Å². The molecule has 3 heteroatoms. The number of hydrogen-bond donors (Lipinski definition) is 0. The number of nitrogens with zero attached hydrogens (tertiary/aromatic N) is 1. The summed E-state index contributed by atoms with van der Waals surface area (Å²) in [7, 11) is 0. The number of carbonyl (C=O) groups is 1. The molecule has 0 aromatic heterocycles. The van der Waals surface area contributed by atoms with Crippen LogP contribution < -0.4 is 9.64 Å². The maximum Gasteiger partial charge on any atom is 0.308 e. The van der Waals surface area contributed by atoms with E-state index in [1.807, 2.05) is 24.3 Å². The molecule has 1 aromatic rings. The SMILES string of the molecule is CC(=O)Oc1ccccc1N1CCC1. The van der Waals surface area contributed by atoms with E-state index in [2.05, 4.69) is 4.90 Å². The van der Waals surface area contributed by atoms with Gasteiger partial charge in [-0.1, -0.05) is 12.1 Å². The monoisotopic (exact) mass is 191 g/mol. The van der Waals surface area contributed by atoms with E-state index in [-0.39, 0.29) is 5.97 Å². The van der Waals surface area contributed by atoms with Crippen molar-refractivity contribution in [3.63, 3.8) is 0 Å². The molecular weight excluding hydrogens is 178 g/mol. The van der Waals surface area contributed by atoms with E-state index in [0.29, 0.717) is 5.75 Å². The summed E-state index contributed by atoms with van der Waals surface area (Å²) in [5, 5.41) is 0. The number of esters is 1. The van der Waals surface area contributed by atoms with E-state index in [1.54, 1.807) is 0 Å². The third kappa shape index (κ3) is 1.71. The van der Waals surface area contributed by atoms with Crippen LogP contribution in [0, 0.1) is 0 Å². The Morgan fingerprint density at radius 1 is 1.36 bits per heavy atom. The van der Waals surface area contributed by atoms with Crippen LogP contribution in [0.15, 0.2) is 24.3 Å². The molecule has 0 unspecified atom stereocenters.